The summed E-state index contributed by atoms with van der Waals surface area (Å²) in [6, 6.07) is 17.2. The Hall–Kier alpha value is -2.38. The van der Waals surface area contributed by atoms with Crippen molar-refractivity contribution in [1.82, 2.24) is 4.98 Å². The van der Waals surface area contributed by atoms with Crippen molar-refractivity contribution in [3.63, 3.8) is 0 Å². The van der Waals surface area contributed by atoms with Crippen molar-refractivity contribution in [2.24, 2.45) is 0 Å². The van der Waals surface area contributed by atoms with Crippen molar-refractivity contribution in [3.8, 4) is 17.6 Å². The van der Waals surface area contributed by atoms with Crippen LogP contribution in [-0.2, 0) is 0 Å². The van der Waals surface area contributed by atoms with E-state index in [1.54, 1.807) is 18.2 Å². The number of aromatic nitrogens is 1. The number of ether oxygens (including phenoxy) is 1. The number of fused-ring (bicyclic) bond motifs is 1. The minimum absolute atomic E-state index is 0.578. The van der Waals surface area contributed by atoms with E-state index in [-0.39, 0.29) is 0 Å². The molecule has 0 aliphatic rings. The summed E-state index contributed by atoms with van der Waals surface area (Å²) in [7, 11) is 0. The van der Waals surface area contributed by atoms with Crippen molar-refractivity contribution in [3.05, 3.63) is 64.3 Å². The minimum Gasteiger partial charge on any atom is -0.455 e. The van der Waals surface area contributed by atoms with Crippen LogP contribution >= 0.6 is 15.9 Å². The van der Waals surface area contributed by atoms with Crippen molar-refractivity contribution in [2.45, 2.75) is 6.92 Å². The maximum Gasteiger partial charge on any atom is 0.153 e. The van der Waals surface area contributed by atoms with Crippen molar-refractivity contribution in [1.29, 1.82) is 5.26 Å². The van der Waals surface area contributed by atoms with E-state index < -0.39 is 0 Å². The fourth-order valence-electron chi connectivity index (χ4n) is 2.08. The first-order chi connectivity index (χ1) is 10.2. The van der Waals surface area contributed by atoms with Gasteiger partial charge in [0.25, 0.3) is 0 Å². The Bertz CT molecular complexity index is 868. The van der Waals surface area contributed by atoms with Gasteiger partial charge >= 0.3 is 0 Å². The molecule has 0 atom stereocenters. The number of hydrogen-bond donors (Lipinski definition) is 0. The molecule has 1 heterocycles. The summed E-state index contributed by atoms with van der Waals surface area (Å²) < 4.78 is 6.64. The average Bonchev–Trinajstić information content (AvgIpc) is 2.48. The average molecular weight is 339 g/mol. The van der Waals surface area contributed by atoms with Gasteiger partial charge in [-0.05, 0) is 53.2 Å². The normalized spacial score (nSPS) is 10.3. The van der Waals surface area contributed by atoms with Gasteiger partial charge in [0, 0.05) is 15.6 Å². The highest BCUT2D eigenvalue weighted by atomic mass is 79.9. The van der Waals surface area contributed by atoms with Crippen LogP contribution in [0.3, 0.4) is 0 Å². The zero-order valence-electron chi connectivity index (χ0n) is 11.3. The highest BCUT2D eigenvalue weighted by molar-refractivity contribution is 9.10. The highest BCUT2D eigenvalue weighted by Crippen LogP contribution is 2.31. The molecule has 0 aliphatic carbocycles. The molecule has 4 heteroatoms. The van der Waals surface area contributed by atoms with Gasteiger partial charge in [-0.15, -0.1) is 0 Å². The molecule has 0 amide bonds. The number of pyridine rings is 1. The zero-order chi connectivity index (χ0) is 14.8. The van der Waals surface area contributed by atoms with Crippen LogP contribution in [0.2, 0.25) is 0 Å². The Morgan fingerprint density at radius 2 is 2.00 bits per heavy atom. The number of nitriles is 1. The van der Waals surface area contributed by atoms with Gasteiger partial charge in [-0.3, -0.25) is 0 Å². The van der Waals surface area contributed by atoms with Crippen LogP contribution in [-0.4, -0.2) is 4.98 Å². The predicted octanol–water partition coefficient (Wildman–Crippen LogP) is 4.97. The third kappa shape index (κ3) is 2.74. The number of rotatable bonds is 2. The first-order valence-corrected chi connectivity index (χ1v) is 7.20. The maximum absolute atomic E-state index is 8.94. The number of para-hydroxylation sites is 1. The Kier molecular flexibility index (Phi) is 3.59. The van der Waals surface area contributed by atoms with Crippen molar-refractivity contribution in [2.75, 3.05) is 0 Å². The van der Waals surface area contributed by atoms with Crippen LogP contribution in [0, 0.1) is 18.3 Å². The molecule has 3 aromatic rings. The topological polar surface area (TPSA) is 45.9 Å². The van der Waals surface area contributed by atoms with Gasteiger partial charge in [0.15, 0.2) is 5.75 Å². The number of aryl methyl sites for hydroxylation is 1. The fourth-order valence-corrected chi connectivity index (χ4v) is 2.52. The molecule has 102 valence electrons. The summed E-state index contributed by atoms with van der Waals surface area (Å²) in [6.45, 7) is 1.95. The van der Waals surface area contributed by atoms with E-state index in [1.807, 2.05) is 37.3 Å². The van der Waals surface area contributed by atoms with E-state index in [1.165, 1.54) is 0 Å². The van der Waals surface area contributed by atoms with Crippen LogP contribution in [0.15, 0.2) is 53.0 Å². The highest BCUT2D eigenvalue weighted by Gasteiger charge is 2.07. The first-order valence-electron chi connectivity index (χ1n) is 6.41. The van der Waals surface area contributed by atoms with Crippen molar-refractivity contribution >= 4 is 26.8 Å². The SMILES string of the molecule is Cc1ccc2cccc(Oc3ccc(C#N)c(Br)c3)c2n1. The van der Waals surface area contributed by atoms with E-state index in [9.17, 15) is 0 Å². The largest absolute Gasteiger partial charge is 0.455 e. The molecule has 0 N–H and O–H groups in total. The lowest BCUT2D eigenvalue weighted by molar-refractivity contribution is 0.486. The lowest BCUT2D eigenvalue weighted by Gasteiger charge is -2.09. The molecule has 0 spiro atoms. The van der Waals surface area contributed by atoms with E-state index in [4.69, 9.17) is 10.00 Å². The Labute approximate surface area is 130 Å². The van der Waals surface area contributed by atoms with Crippen LogP contribution in [0.1, 0.15) is 11.3 Å². The molecule has 0 aliphatic heterocycles. The van der Waals surface area contributed by atoms with E-state index in [2.05, 4.69) is 27.0 Å². The molecular formula is C17H11BrN2O. The van der Waals surface area contributed by atoms with E-state index in [0.717, 1.165) is 16.6 Å². The molecule has 0 fully saturated rings. The molecule has 3 nitrogen and oxygen atoms in total. The summed E-state index contributed by atoms with van der Waals surface area (Å²) in [5.41, 5.74) is 2.35. The molecule has 21 heavy (non-hydrogen) atoms. The third-order valence-electron chi connectivity index (χ3n) is 3.11. The Morgan fingerprint density at radius 3 is 2.76 bits per heavy atom. The molecule has 0 saturated carbocycles. The molecule has 3 rings (SSSR count). The van der Waals surface area contributed by atoms with Gasteiger partial charge in [-0.1, -0.05) is 18.2 Å². The predicted molar refractivity (Wildman–Crippen MR) is 85.4 cm³/mol. The van der Waals surface area contributed by atoms with Crippen molar-refractivity contribution < 1.29 is 4.74 Å². The second kappa shape index (κ2) is 5.55. The van der Waals surface area contributed by atoms with E-state index in [0.29, 0.717) is 21.5 Å². The molecular weight excluding hydrogens is 328 g/mol. The lowest BCUT2D eigenvalue weighted by atomic mass is 10.2. The summed E-state index contributed by atoms with van der Waals surface area (Å²) in [6.07, 6.45) is 0. The number of hydrogen-bond acceptors (Lipinski definition) is 3. The van der Waals surface area contributed by atoms with Crippen LogP contribution < -0.4 is 4.74 Å². The lowest BCUT2D eigenvalue weighted by Crippen LogP contribution is -1.90. The van der Waals surface area contributed by atoms with Gasteiger partial charge in [0.1, 0.15) is 17.3 Å². The van der Waals surface area contributed by atoms with E-state index >= 15 is 0 Å². The quantitative estimate of drug-likeness (QED) is 0.662. The molecule has 2 aromatic carbocycles. The minimum atomic E-state index is 0.578. The van der Waals surface area contributed by atoms with Gasteiger partial charge in [0.2, 0.25) is 0 Å². The third-order valence-corrected chi connectivity index (χ3v) is 3.77. The van der Waals surface area contributed by atoms with Gasteiger partial charge in [0.05, 0.1) is 5.56 Å². The summed E-state index contributed by atoms with van der Waals surface area (Å²) >= 11 is 3.36. The molecule has 0 bridgehead atoms. The smallest absolute Gasteiger partial charge is 0.153 e. The molecule has 0 radical (unpaired) electrons. The maximum atomic E-state index is 8.94. The summed E-state index contributed by atoms with van der Waals surface area (Å²) in [4.78, 5) is 4.54. The van der Waals surface area contributed by atoms with Gasteiger partial charge < -0.3 is 4.74 Å². The number of halogens is 1. The molecule has 0 unspecified atom stereocenters. The second-order valence-electron chi connectivity index (χ2n) is 4.64. The zero-order valence-corrected chi connectivity index (χ0v) is 12.9. The summed E-state index contributed by atoms with van der Waals surface area (Å²) in [5.74, 6) is 1.37. The molecule has 1 aromatic heterocycles. The fraction of sp³-hybridized carbons (Fsp3) is 0.0588. The van der Waals surface area contributed by atoms with Crippen LogP contribution in [0.4, 0.5) is 0 Å². The van der Waals surface area contributed by atoms with Gasteiger partial charge in [-0.25, -0.2) is 4.98 Å². The molecule has 0 saturated heterocycles. The second-order valence-corrected chi connectivity index (χ2v) is 5.49. The monoisotopic (exact) mass is 338 g/mol. The summed E-state index contributed by atoms with van der Waals surface area (Å²) in [5, 5.41) is 9.97. The van der Waals surface area contributed by atoms with Gasteiger partial charge in [-0.2, -0.15) is 5.26 Å². The Morgan fingerprint density at radius 1 is 1.14 bits per heavy atom. The standard InChI is InChI=1S/C17H11BrN2O/c1-11-5-6-12-3-2-4-16(17(12)20-11)21-14-8-7-13(10-19)15(18)9-14/h2-9H,1H3. The number of benzene rings is 2. The van der Waals surface area contributed by atoms with Crippen LogP contribution in [0.5, 0.6) is 11.5 Å². The number of nitrogens with zero attached hydrogens (tertiary/aromatic N) is 2. The van der Waals surface area contributed by atoms with Crippen LogP contribution in [0.25, 0.3) is 10.9 Å². The Balaban J connectivity index is 2.04. The first kappa shape index (κ1) is 13.6.